The van der Waals surface area contributed by atoms with Gasteiger partial charge in [0.15, 0.2) is 0 Å². The molecule has 0 saturated heterocycles. The van der Waals surface area contributed by atoms with Gasteiger partial charge >= 0.3 is 0 Å². The van der Waals surface area contributed by atoms with Crippen LogP contribution in [0.3, 0.4) is 0 Å². The largest absolute Gasteiger partial charge is 0.299 e. The summed E-state index contributed by atoms with van der Waals surface area (Å²) < 4.78 is 0. The summed E-state index contributed by atoms with van der Waals surface area (Å²) in [5.74, 6) is 0.937. The summed E-state index contributed by atoms with van der Waals surface area (Å²) in [4.78, 5) is 20.2. The third-order valence-corrected chi connectivity index (χ3v) is 2.20. The molecule has 0 aliphatic carbocycles. The Morgan fingerprint density at radius 2 is 1.87 bits per heavy atom. The number of rotatable bonds is 2. The normalized spacial score (nSPS) is 11.5. The van der Waals surface area contributed by atoms with Crippen molar-refractivity contribution in [1.29, 1.82) is 0 Å². The van der Waals surface area contributed by atoms with Gasteiger partial charge < -0.3 is 0 Å². The molecule has 0 aromatic carbocycles. The minimum absolute atomic E-state index is 0.208. The molecule has 1 heterocycles. The van der Waals surface area contributed by atoms with Crippen molar-refractivity contribution in [3.8, 4) is 0 Å². The molecule has 0 aliphatic rings. The van der Waals surface area contributed by atoms with Crippen LogP contribution in [0.15, 0.2) is 6.07 Å². The quantitative estimate of drug-likeness (QED) is 0.745. The van der Waals surface area contributed by atoms with E-state index >= 15 is 0 Å². The van der Waals surface area contributed by atoms with Gasteiger partial charge in [0.1, 0.15) is 11.6 Å². The highest BCUT2D eigenvalue weighted by Gasteiger charge is 2.21. The zero-order chi connectivity index (χ0) is 11.6. The molecule has 0 N–H and O–H groups in total. The van der Waals surface area contributed by atoms with Crippen LogP contribution in [-0.4, -0.2) is 15.8 Å². The van der Waals surface area contributed by atoms with Crippen molar-refractivity contribution in [2.75, 3.05) is 0 Å². The van der Waals surface area contributed by atoms with E-state index in [0.29, 0.717) is 6.42 Å². The minimum Gasteiger partial charge on any atom is -0.299 e. The second kappa shape index (κ2) is 4.09. The Bertz CT molecular complexity index is 357. The Kier molecular flexibility index (Phi) is 3.22. The van der Waals surface area contributed by atoms with Crippen LogP contribution in [0, 0.1) is 19.3 Å². The fourth-order valence-corrected chi connectivity index (χ4v) is 1.31. The highest BCUT2D eigenvalue weighted by atomic mass is 16.1. The molecule has 0 bridgehead atoms. The highest BCUT2D eigenvalue weighted by molar-refractivity contribution is 5.85. The van der Waals surface area contributed by atoms with E-state index in [9.17, 15) is 4.79 Å². The Balaban J connectivity index is 2.86. The molecule has 0 fully saturated rings. The van der Waals surface area contributed by atoms with Gasteiger partial charge in [-0.15, -0.1) is 0 Å². The summed E-state index contributed by atoms with van der Waals surface area (Å²) in [7, 11) is 0. The van der Waals surface area contributed by atoms with Gasteiger partial charge in [-0.1, -0.05) is 20.8 Å². The second-order valence-electron chi connectivity index (χ2n) is 4.90. The van der Waals surface area contributed by atoms with Gasteiger partial charge in [-0.25, -0.2) is 9.97 Å². The maximum Gasteiger partial charge on any atom is 0.144 e. The van der Waals surface area contributed by atoms with Gasteiger partial charge in [0.05, 0.1) is 5.69 Å². The molecular weight excluding hydrogens is 188 g/mol. The molecule has 1 aromatic rings. The van der Waals surface area contributed by atoms with Crippen molar-refractivity contribution in [3.05, 3.63) is 23.3 Å². The van der Waals surface area contributed by atoms with Gasteiger partial charge in [-0.3, -0.25) is 4.79 Å². The lowest BCUT2D eigenvalue weighted by atomic mass is 9.88. The van der Waals surface area contributed by atoms with Gasteiger partial charge in [-0.05, 0) is 19.9 Å². The summed E-state index contributed by atoms with van der Waals surface area (Å²) in [6.45, 7) is 9.54. The van der Waals surface area contributed by atoms with Crippen LogP contribution >= 0.6 is 0 Å². The first-order valence-corrected chi connectivity index (χ1v) is 5.13. The maximum atomic E-state index is 11.8. The molecule has 15 heavy (non-hydrogen) atoms. The highest BCUT2D eigenvalue weighted by Crippen LogP contribution is 2.17. The van der Waals surface area contributed by atoms with Crippen LogP contribution in [0.2, 0.25) is 0 Å². The first-order chi connectivity index (χ1) is 6.79. The molecule has 3 nitrogen and oxygen atoms in total. The summed E-state index contributed by atoms with van der Waals surface area (Å²) in [6.07, 6.45) is 0.397. The topological polar surface area (TPSA) is 42.9 Å². The maximum absolute atomic E-state index is 11.8. The zero-order valence-electron chi connectivity index (χ0n) is 10.1. The molecule has 1 rings (SSSR count). The second-order valence-corrected chi connectivity index (χ2v) is 4.90. The standard InChI is InChI=1S/C12H18N2O/c1-8-6-10(14-9(2)13-8)7-11(15)12(3,4)5/h6H,7H2,1-5H3. The van der Waals surface area contributed by atoms with E-state index in [2.05, 4.69) is 9.97 Å². The molecule has 0 saturated carbocycles. The molecular formula is C12H18N2O. The number of carbonyl (C=O) groups is 1. The van der Waals surface area contributed by atoms with Crippen LogP contribution in [0.25, 0.3) is 0 Å². The Hall–Kier alpha value is -1.25. The van der Waals surface area contributed by atoms with E-state index in [0.717, 1.165) is 17.2 Å². The molecule has 3 heteroatoms. The summed E-state index contributed by atoms with van der Waals surface area (Å²) >= 11 is 0. The number of aryl methyl sites for hydroxylation is 2. The Morgan fingerprint density at radius 1 is 1.27 bits per heavy atom. The molecule has 82 valence electrons. The molecule has 0 unspecified atom stereocenters. The van der Waals surface area contributed by atoms with E-state index in [1.165, 1.54) is 0 Å². The van der Waals surface area contributed by atoms with E-state index < -0.39 is 0 Å². The SMILES string of the molecule is Cc1cc(CC(=O)C(C)(C)C)nc(C)n1. The van der Waals surface area contributed by atoms with E-state index in [1.54, 1.807) is 0 Å². The predicted octanol–water partition coefficient (Wildman–Crippen LogP) is 2.25. The number of Topliss-reactive ketones (excluding diaryl/α,β-unsaturated/α-hetero) is 1. The van der Waals surface area contributed by atoms with Crippen LogP contribution in [0.4, 0.5) is 0 Å². The summed E-state index contributed by atoms with van der Waals surface area (Å²) in [5.41, 5.74) is 1.44. The van der Waals surface area contributed by atoms with E-state index in [4.69, 9.17) is 0 Å². The van der Waals surface area contributed by atoms with Gasteiger partial charge in [-0.2, -0.15) is 0 Å². The third kappa shape index (κ3) is 3.42. The first kappa shape index (κ1) is 11.8. The average molecular weight is 206 g/mol. The smallest absolute Gasteiger partial charge is 0.144 e. The van der Waals surface area contributed by atoms with Crippen LogP contribution in [-0.2, 0) is 11.2 Å². The number of hydrogen-bond donors (Lipinski definition) is 0. The van der Waals surface area contributed by atoms with Gasteiger partial charge in [0, 0.05) is 17.5 Å². The first-order valence-electron chi connectivity index (χ1n) is 5.13. The molecule has 0 aliphatic heterocycles. The molecule has 0 spiro atoms. The van der Waals surface area contributed by atoms with Crippen molar-refractivity contribution in [3.63, 3.8) is 0 Å². The number of aromatic nitrogens is 2. The van der Waals surface area contributed by atoms with Crippen molar-refractivity contribution in [2.24, 2.45) is 5.41 Å². The fraction of sp³-hybridized carbons (Fsp3) is 0.583. The summed E-state index contributed by atoms with van der Waals surface area (Å²) in [6, 6.07) is 1.87. The van der Waals surface area contributed by atoms with Crippen LogP contribution < -0.4 is 0 Å². The van der Waals surface area contributed by atoms with Crippen molar-refractivity contribution < 1.29 is 4.79 Å². The molecule has 0 amide bonds. The minimum atomic E-state index is -0.299. The van der Waals surface area contributed by atoms with Crippen LogP contribution in [0.1, 0.15) is 38.0 Å². The lowest BCUT2D eigenvalue weighted by Gasteiger charge is -2.16. The van der Waals surface area contributed by atoms with E-state index in [1.807, 2.05) is 40.7 Å². The number of carbonyl (C=O) groups excluding carboxylic acids is 1. The summed E-state index contributed by atoms with van der Waals surface area (Å²) in [5, 5.41) is 0. The monoisotopic (exact) mass is 206 g/mol. The van der Waals surface area contributed by atoms with Gasteiger partial charge in [0.2, 0.25) is 0 Å². The molecule has 0 radical (unpaired) electrons. The van der Waals surface area contributed by atoms with Crippen molar-refractivity contribution in [2.45, 2.75) is 41.0 Å². The Morgan fingerprint density at radius 3 is 2.33 bits per heavy atom. The van der Waals surface area contributed by atoms with Crippen molar-refractivity contribution in [1.82, 2.24) is 9.97 Å². The predicted molar refractivity (Wildman–Crippen MR) is 59.7 cm³/mol. The average Bonchev–Trinajstić information content (AvgIpc) is 1.99. The fourth-order valence-electron chi connectivity index (χ4n) is 1.31. The molecule has 0 atom stereocenters. The third-order valence-electron chi connectivity index (χ3n) is 2.20. The zero-order valence-corrected chi connectivity index (χ0v) is 10.1. The number of hydrogen-bond acceptors (Lipinski definition) is 3. The van der Waals surface area contributed by atoms with E-state index in [-0.39, 0.29) is 11.2 Å². The lowest BCUT2D eigenvalue weighted by Crippen LogP contribution is -2.22. The number of nitrogens with zero attached hydrogens (tertiary/aromatic N) is 2. The lowest BCUT2D eigenvalue weighted by molar-refractivity contribution is -0.125. The number of ketones is 1. The van der Waals surface area contributed by atoms with Crippen LogP contribution in [0.5, 0.6) is 0 Å². The van der Waals surface area contributed by atoms with Crippen molar-refractivity contribution >= 4 is 5.78 Å². The molecule has 1 aromatic heterocycles. The Labute approximate surface area is 91.0 Å². The van der Waals surface area contributed by atoms with Gasteiger partial charge in [0.25, 0.3) is 0 Å².